The average molecular weight is 399 g/mol. The molecular weight excluding hydrogens is 386 g/mol. The molecule has 0 atom stereocenters. The van der Waals surface area contributed by atoms with Crippen LogP contribution in [-0.4, -0.2) is 13.0 Å². The van der Waals surface area contributed by atoms with Crippen molar-refractivity contribution < 1.29 is 9.53 Å². The highest BCUT2D eigenvalue weighted by Gasteiger charge is 2.13. The molecule has 2 rings (SSSR count). The van der Waals surface area contributed by atoms with Gasteiger partial charge >= 0.3 is 0 Å². The Morgan fingerprint density at radius 2 is 1.80 bits per heavy atom. The summed E-state index contributed by atoms with van der Waals surface area (Å²) < 4.78 is 6.84. The summed E-state index contributed by atoms with van der Waals surface area (Å²) in [7, 11) is 1.62. The smallest absolute Gasteiger partial charge is 0.256 e. The maximum absolute atomic E-state index is 12.3. The van der Waals surface area contributed by atoms with Crippen molar-refractivity contribution in [3.05, 3.63) is 62.5 Å². The number of ether oxygens (including phenoxy) is 1. The molecule has 1 amide bonds. The lowest BCUT2D eigenvalue weighted by molar-refractivity contribution is 0.102. The van der Waals surface area contributed by atoms with Crippen molar-refractivity contribution >= 4 is 43.5 Å². The van der Waals surface area contributed by atoms with E-state index in [-0.39, 0.29) is 5.91 Å². The van der Waals surface area contributed by atoms with Gasteiger partial charge in [0.05, 0.1) is 12.2 Å². The number of amides is 1. The van der Waals surface area contributed by atoms with Crippen molar-refractivity contribution in [2.24, 2.45) is 0 Å². The van der Waals surface area contributed by atoms with E-state index >= 15 is 0 Å². The zero-order valence-corrected chi connectivity index (χ0v) is 14.0. The molecule has 0 radical (unpaired) electrons. The summed E-state index contributed by atoms with van der Waals surface area (Å²) in [6, 6.07) is 13.0. The minimum absolute atomic E-state index is 0.159. The molecule has 3 nitrogen and oxygen atoms in total. The largest absolute Gasteiger partial charge is 0.380 e. The van der Waals surface area contributed by atoms with E-state index in [4.69, 9.17) is 4.74 Å². The highest BCUT2D eigenvalue weighted by molar-refractivity contribution is 9.10. The van der Waals surface area contributed by atoms with Crippen LogP contribution in [0.3, 0.4) is 0 Å². The van der Waals surface area contributed by atoms with E-state index in [2.05, 4.69) is 37.2 Å². The molecule has 0 aromatic heterocycles. The van der Waals surface area contributed by atoms with Crippen LogP contribution in [-0.2, 0) is 11.3 Å². The lowest BCUT2D eigenvalue weighted by Crippen LogP contribution is -2.14. The van der Waals surface area contributed by atoms with Crippen LogP contribution in [0.2, 0.25) is 0 Å². The monoisotopic (exact) mass is 397 g/mol. The zero-order valence-electron chi connectivity index (χ0n) is 10.8. The molecular formula is C15H13Br2NO2. The van der Waals surface area contributed by atoms with E-state index < -0.39 is 0 Å². The van der Waals surface area contributed by atoms with E-state index in [9.17, 15) is 4.79 Å². The Hall–Kier alpha value is -1.17. The van der Waals surface area contributed by atoms with Crippen molar-refractivity contribution in [2.45, 2.75) is 6.61 Å². The first kappa shape index (κ1) is 15.2. The Bertz CT molecular complexity index is 629. The minimum atomic E-state index is -0.159. The zero-order chi connectivity index (χ0) is 14.5. The molecule has 0 bridgehead atoms. The molecule has 0 fully saturated rings. The Kier molecular flexibility index (Phi) is 5.34. The molecule has 0 aliphatic carbocycles. The predicted molar refractivity (Wildman–Crippen MR) is 87.0 cm³/mol. The molecule has 20 heavy (non-hydrogen) atoms. The highest BCUT2D eigenvalue weighted by Crippen LogP contribution is 2.26. The van der Waals surface area contributed by atoms with Gasteiger partial charge in [-0.15, -0.1) is 0 Å². The van der Waals surface area contributed by atoms with E-state index in [0.717, 1.165) is 20.2 Å². The van der Waals surface area contributed by atoms with Crippen LogP contribution in [0.25, 0.3) is 0 Å². The van der Waals surface area contributed by atoms with E-state index in [1.54, 1.807) is 13.2 Å². The lowest BCUT2D eigenvalue weighted by Gasteiger charge is -2.13. The molecule has 2 aromatic carbocycles. The fourth-order valence-corrected chi connectivity index (χ4v) is 2.75. The standard InChI is InChI=1S/C15H13Br2NO2/c1-20-9-11-13(17)7-4-8-14(11)18-15(19)10-5-2-3-6-12(10)16/h2-8H,9H2,1H3,(H,18,19). The van der Waals surface area contributed by atoms with E-state index in [1.807, 2.05) is 36.4 Å². The summed E-state index contributed by atoms with van der Waals surface area (Å²) >= 11 is 6.85. The van der Waals surface area contributed by atoms with E-state index in [0.29, 0.717) is 12.2 Å². The second-order valence-corrected chi connectivity index (χ2v) is 5.84. The number of rotatable bonds is 4. The first-order valence-corrected chi connectivity index (χ1v) is 7.54. The molecule has 0 saturated carbocycles. The third kappa shape index (κ3) is 3.48. The van der Waals surface area contributed by atoms with Crippen LogP contribution in [0.5, 0.6) is 0 Å². The Labute approximate surface area is 134 Å². The summed E-state index contributed by atoms with van der Waals surface area (Å²) in [6.07, 6.45) is 0. The first-order chi connectivity index (χ1) is 9.63. The molecule has 5 heteroatoms. The highest BCUT2D eigenvalue weighted by atomic mass is 79.9. The van der Waals surface area contributed by atoms with Crippen LogP contribution in [0.1, 0.15) is 15.9 Å². The SMILES string of the molecule is COCc1c(Br)cccc1NC(=O)c1ccccc1Br. The number of carbonyl (C=O) groups excluding carboxylic acids is 1. The van der Waals surface area contributed by atoms with Gasteiger partial charge in [0.15, 0.2) is 0 Å². The molecule has 1 N–H and O–H groups in total. The number of benzene rings is 2. The van der Waals surface area contributed by atoms with Gasteiger partial charge in [-0.1, -0.05) is 34.1 Å². The fourth-order valence-electron chi connectivity index (χ4n) is 1.80. The number of methoxy groups -OCH3 is 1. The number of carbonyl (C=O) groups is 1. The summed E-state index contributed by atoms with van der Waals surface area (Å²) in [4.78, 5) is 12.3. The molecule has 0 saturated heterocycles. The van der Waals surface area contributed by atoms with Crippen molar-refractivity contribution in [2.75, 3.05) is 12.4 Å². The van der Waals surface area contributed by atoms with Gasteiger partial charge in [-0.05, 0) is 40.2 Å². The minimum Gasteiger partial charge on any atom is -0.380 e. The van der Waals surface area contributed by atoms with Crippen LogP contribution in [0, 0.1) is 0 Å². The van der Waals surface area contributed by atoms with Crippen LogP contribution < -0.4 is 5.32 Å². The van der Waals surface area contributed by atoms with E-state index in [1.165, 1.54) is 0 Å². The Balaban J connectivity index is 2.29. The molecule has 0 spiro atoms. The van der Waals surface area contributed by atoms with Crippen molar-refractivity contribution in [3.8, 4) is 0 Å². The van der Waals surface area contributed by atoms with Gasteiger partial charge in [0, 0.05) is 27.3 Å². The van der Waals surface area contributed by atoms with Gasteiger partial charge in [-0.25, -0.2) is 0 Å². The molecule has 0 aliphatic heterocycles. The van der Waals surface area contributed by atoms with Crippen molar-refractivity contribution in [3.63, 3.8) is 0 Å². The molecule has 0 aliphatic rings. The summed E-state index contributed by atoms with van der Waals surface area (Å²) in [5.41, 5.74) is 2.24. The third-order valence-electron chi connectivity index (χ3n) is 2.77. The van der Waals surface area contributed by atoms with Crippen molar-refractivity contribution in [1.82, 2.24) is 0 Å². The quantitative estimate of drug-likeness (QED) is 0.816. The Morgan fingerprint density at radius 3 is 2.50 bits per heavy atom. The number of hydrogen-bond acceptors (Lipinski definition) is 2. The maximum atomic E-state index is 12.3. The van der Waals surface area contributed by atoms with Gasteiger partial charge in [0.2, 0.25) is 0 Å². The molecule has 104 valence electrons. The average Bonchev–Trinajstić information content (AvgIpc) is 2.43. The lowest BCUT2D eigenvalue weighted by atomic mass is 10.1. The second kappa shape index (κ2) is 7.02. The second-order valence-electron chi connectivity index (χ2n) is 4.13. The summed E-state index contributed by atoms with van der Waals surface area (Å²) in [5.74, 6) is -0.159. The Morgan fingerprint density at radius 1 is 1.10 bits per heavy atom. The molecule has 2 aromatic rings. The van der Waals surface area contributed by atoms with Gasteiger partial charge in [-0.3, -0.25) is 4.79 Å². The maximum Gasteiger partial charge on any atom is 0.256 e. The number of nitrogens with one attached hydrogen (secondary N) is 1. The first-order valence-electron chi connectivity index (χ1n) is 5.95. The van der Waals surface area contributed by atoms with Crippen LogP contribution >= 0.6 is 31.9 Å². The van der Waals surface area contributed by atoms with Crippen LogP contribution in [0.4, 0.5) is 5.69 Å². The number of halogens is 2. The van der Waals surface area contributed by atoms with Gasteiger partial charge in [-0.2, -0.15) is 0 Å². The molecule has 0 unspecified atom stereocenters. The van der Waals surface area contributed by atoms with Crippen LogP contribution in [0.15, 0.2) is 51.4 Å². The predicted octanol–water partition coefficient (Wildman–Crippen LogP) is 4.61. The van der Waals surface area contributed by atoms with Gasteiger partial charge < -0.3 is 10.1 Å². The van der Waals surface area contributed by atoms with Gasteiger partial charge in [0.25, 0.3) is 5.91 Å². The third-order valence-corrected chi connectivity index (χ3v) is 4.21. The fraction of sp³-hybridized carbons (Fsp3) is 0.133. The number of hydrogen-bond donors (Lipinski definition) is 1. The molecule has 0 heterocycles. The van der Waals surface area contributed by atoms with Crippen molar-refractivity contribution in [1.29, 1.82) is 0 Å². The normalized spacial score (nSPS) is 10.3. The topological polar surface area (TPSA) is 38.3 Å². The van der Waals surface area contributed by atoms with Gasteiger partial charge in [0.1, 0.15) is 0 Å². The summed E-state index contributed by atoms with van der Waals surface area (Å²) in [6.45, 7) is 0.424. The summed E-state index contributed by atoms with van der Waals surface area (Å²) in [5, 5.41) is 2.91. The number of anilines is 1.